The van der Waals surface area contributed by atoms with Crippen LogP contribution in [0.1, 0.15) is 45.1 Å². The summed E-state index contributed by atoms with van der Waals surface area (Å²) in [5.74, 6) is 0.999. The maximum absolute atomic E-state index is 12.3. The lowest BCUT2D eigenvalue weighted by atomic mass is 9.86. The maximum Gasteiger partial charge on any atom is 0.331 e. The molecule has 3 rings (SSSR count). The van der Waals surface area contributed by atoms with E-state index >= 15 is 0 Å². The zero-order chi connectivity index (χ0) is 18.5. The van der Waals surface area contributed by atoms with Gasteiger partial charge in [-0.3, -0.25) is 4.79 Å². The van der Waals surface area contributed by atoms with Crippen LogP contribution in [-0.2, 0) is 14.3 Å². The van der Waals surface area contributed by atoms with Gasteiger partial charge < -0.3 is 19.5 Å². The van der Waals surface area contributed by atoms with E-state index in [1.54, 1.807) is 25.1 Å². The van der Waals surface area contributed by atoms with Crippen molar-refractivity contribution in [2.24, 2.45) is 5.92 Å². The summed E-state index contributed by atoms with van der Waals surface area (Å²) in [5.41, 5.74) is 0.791. The van der Waals surface area contributed by atoms with Crippen LogP contribution in [0.15, 0.2) is 24.3 Å². The summed E-state index contributed by atoms with van der Waals surface area (Å²) >= 11 is 0. The predicted octanol–water partition coefficient (Wildman–Crippen LogP) is 3.06. The lowest BCUT2D eigenvalue weighted by molar-refractivity contribution is -0.150. The third-order valence-corrected chi connectivity index (χ3v) is 4.91. The summed E-state index contributed by atoms with van der Waals surface area (Å²) in [6.07, 6.45) is 6.56. The molecule has 0 bridgehead atoms. The molecule has 1 amide bonds. The number of benzene rings is 1. The monoisotopic (exact) mass is 359 g/mol. The molecule has 1 aliphatic carbocycles. The standard InChI is InChI=1S/C20H25NO5/c1-13-5-3-4-6-16(13)21-20(23)14(2)26-19(22)10-8-15-7-9-17-18(11-15)25-12-24-17/h7-11,13-14,16H,3-6,12H2,1-2H3,(H,21,23)/b10-8+/t13-,14-,16+/m1/s1. The molecule has 0 aromatic heterocycles. The van der Waals surface area contributed by atoms with Gasteiger partial charge in [-0.15, -0.1) is 0 Å². The van der Waals surface area contributed by atoms with Gasteiger partial charge in [-0.25, -0.2) is 4.79 Å². The topological polar surface area (TPSA) is 73.9 Å². The van der Waals surface area contributed by atoms with Gasteiger partial charge in [0.15, 0.2) is 17.6 Å². The van der Waals surface area contributed by atoms with E-state index in [9.17, 15) is 9.59 Å². The van der Waals surface area contributed by atoms with Crippen molar-refractivity contribution in [2.45, 2.75) is 51.7 Å². The molecule has 1 fully saturated rings. The molecule has 1 aromatic rings. The van der Waals surface area contributed by atoms with Crippen molar-refractivity contribution in [3.8, 4) is 11.5 Å². The van der Waals surface area contributed by atoms with Crippen LogP contribution in [0.4, 0.5) is 0 Å². The minimum Gasteiger partial charge on any atom is -0.454 e. The van der Waals surface area contributed by atoms with E-state index in [1.165, 1.54) is 12.5 Å². The Bertz CT molecular complexity index is 699. The largest absolute Gasteiger partial charge is 0.454 e. The number of nitrogens with one attached hydrogen (secondary N) is 1. The molecule has 1 N–H and O–H groups in total. The second-order valence-corrected chi connectivity index (χ2v) is 6.90. The van der Waals surface area contributed by atoms with Gasteiger partial charge in [-0.1, -0.05) is 25.8 Å². The van der Waals surface area contributed by atoms with Crippen molar-refractivity contribution < 1.29 is 23.8 Å². The number of fused-ring (bicyclic) bond motifs is 1. The number of carbonyl (C=O) groups is 2. The normalized spacial score (nSPS) is 22.8. The van der Waals surface area contributed by atoms with Crippen LogP contribution >= 0.6 is 0 Å². The lowest BCUT2D eigenvalue weighted by Crippen LogP contribution is -2.45. The smallest absolute Gasteiger partial charge is 0.331 e. The molecular weight excluding hydrogens is 334 g/mol. The number of ether oxygens (including phenoxy) is 3. The molecule has 2 aliphatic rings. The fourth-order valence-corrected chi connectivity index (χ4v) is 3.28. The van der Waals surface area contributed by atoms with E-state index in [1.807, 2.05) is 6.07 Å². The summed E-state index contributed by atoms with van der Waals surface area (Å²) in [4.78, 5) is 24.2. The Balaban J connectivity index is 1.49. The Morgan fingerprint density at radius 3 is 2.81 bits per heavy atom. The third kappa shape index (κ3) is 4.56. The van der Waals surface area contributed by atoms with Gasteiger partial charge in [0.05, 0.1) is 0 Å². The van der Waals surface area contributed by atoms with Crippen molar-refractivity contribution in [1.82, 2.24) is 5.32 Å². The van der Waals surface area contributed by atoms with Gasteiger partial charge in [0.25, 0.3) is 5.91 Å². The van der Waals surface area contributed by atoms with Gasteiger partial charge in [0, 0.05) is 12.1 Å². The molecule has 6 nitrogen and oxygen atoms in total. The van der Waals surface area contributed by atoms with Crippen LogP contribution in [0, 0.1) is 5.92 Å². The molecule has 1 heterocycles. The average Bonchev–Trinajstić information content (AvgIpc) is 3.09. The van der Waals surface area contributed by atoms with Crippen LogP contribution in [0.5, 0.6) is 11.5 Å². The summed E-state index contributed by atoms with van der Waals surface area (Å²) in [6, 6.07) is 5.56. The van der Waals surface area contributed by atoms with Crippen molar-refractivity contribution >= 4 is 18.0 Å². The van der Waals surface area contributed by atoms with Crippen molar-refractivity contribution in [3.63, 3.8) is 0 Å². The van der Waals surface area contributed by atoms with Crippen LogP contribution in [0.2, 0.25) is 0 Å². The second-order valence-electron chi connectivity index (χ2n) is 6.90. The molecule has 6 heteroatoms. The Hall–Kier alpha value is -2.50. The number of amides is 1. The first kappa shape index (κ1) is 18.3. The molecule has 1 aromatic carbocycles. The minimum atomic E-state index is -0.821. The van der Waals surface area contributed by atoms with Crippen LogP contribution < -0.4 is 14.8 Å². The maximum atomic E-state index is 12.3. The van der Waals surface area contributed by atoms with Crippen LogP contribution in [-0.4, -0.2) is 30.8 Å². The minimum absolute atomic E-state index is 0.168. The summed E-state index contributed by atoms with van der Waals surface area (Å²) < 4.78 is 15.8. The van der Waals surface area contributed by atoms with E-state index < -0.39 is 12.1 Å². The first-order valence-corrected chi connectivity index (χ1v) is 9.11. The summed E-state index contributed by atoms with van der Waals surface area (Å²) in [7, 11) is 0. The average molecular weight is 359 g/mol. The van der Waals surface area contributed by atoms with E-state index in [0.717, 1.165) is 24.8 Å². The molecule has 0 unspecified atom stereocenters. The van der Waals surface area contributed by atoms with Gasteiger partial charge in [-0.2, -0.15) is 0 Å². The molecule has 3 atom stereocenters. The molecule has 140 valence electrons. The fourth-order valence-electron chi connectivity index (χ4n) is 3.28. The lowest BCUT2D eigenvalue weighted by Gasteiger charge is -2.30. The summed E-state index contributed by atoms with van der Waals surface area (Å²) in [6.45, 7) is 3.95. The van der Waals surface area contributed by atoms with Crippen LogP contribution in [0.25, 0.3) is 6.08 Å². The Morgan fingerprint density at radius 1 is 1.23 bits per heavy atom. The highest BCUT2D eigenvalue weighted by molar-refractivity contribution is 5.90. The number of esters is 1. The van der Waals surface area contributed by atoms with Gasteiger partial charge in [0.1, 0.15) is 0 Å². The molecule has 0 spiro atoms. The zero-order valence-electron chi connectivity index (χ0n) is 15.2. The van der Waals surface area contributed by atoms with Crippen molar-refractivity contribution in [1.29, 1.82) is 0 Å². The van der Waals surface area contributed by atoms with E-state index in [-0.39, 0.29) is 18.7 Å². The van der Waals surface area contributed by atoms with Crippen LogP contribution in [0.3, 0.4) is 0 Å². The molecule has 26 heavy (non-hydrogen) atoms. The number of rotatable bonds is 5. The van der Waals surface area contributed by atoms with Crippen molar-refractivity contribution in [2.75, 3.05) is 6.79 Å². The Morgan fingerprint density at radius 2 is 2.00 bits per heavy atom. The van der Waals surface area contributed by atoms with E-state index in [2.05, 4.69) is 12.2 Å². The highest BCUT2D eigenvalue weighted by atomic mass is 16.7. The number of hydrogen-bond acceptors (Lipinski definition) is 5. The fraction of sp³-hybridized carbons (Fsp3) is 0.500. The quantitative estimate of drug-likeness (QED) is 0.646. The zero-order valence-corrected chi connectivity index (χ0v) is 15.2. The molecule has 1 aliphatic heterocycles. The highest BCUT2D eigenvalue weighted by Crippen LogP contribution is 2.32. The van der Waals surface area contributed by atoms with Gasteiger partial charge in [0.2, 0.25) is 6.79 Å². The second kappa shape index (κ2) is 8.25. The van der Waals surface area contributed by atoms with E-state index in [4.69, 9.17) is 14.2 Å². The SMILES string of the molecule is C[C@@H]1CCCC[C@@H]1NC(=O)[C@@H](C)OC(=O)/C=C/c1ccc2c(c1)OCO2. The Labute approximate surface area is 153 Å². The predicted molar refractivity (Wildman–Crippen MR) is 96.7 cm³/mol. The Kier molecular flexibility index (Phi) is 5.81. The van der Waals surface area contributed by atoms with E-state index in [0.29, 0.717) is 17.4 Å². The first-order chi connectivity index (χ1) is 12.5. The third-order valence-electron chi connectivity index (χ3n) is 4.91. The first-order valence-electron chi connectivity index (χ1n) is 9.11. The summed E-state index contributed by atoms with van der Waals surface area (Å²) in [5, 5.41) is 3.01. The molecular formula is C20H25NO5. The van der Waals surface area contributed by atoms with Gasteiger partial charge >= 0.3 is 5.97 Å². The molecule has 0 radical (unpaired) electrons. The number of carbonyl (C=O) groups excluding carboxylic acids is 2. The molecule has 1 saturated carbocycles. The van der Waals surface area contributed by atoms with Crippen molar-refractivity contribution in [3.05, 3.63) is 29.8 Å². The number of hydrogen-bond donors (Lipinski definition) is 1. The molecule has 0 saturated heterocycles. The highest BCUT2D eigenvalue weighted by Gasteiger charge is 2.26. The van der Waals surface area contributed by atoms with Gasteiger partial charge in [-0.05, 0) is 49.5 Å².